The van der Waals surface area contributed by atoms with Crippen LogP contribution in [0, 0.1) is 0 Å². The number of benzene rings is 3. The summed E-state index contributed by atoms with van der Waals surface area (Å²) >= 11 is 13.7. The highest BCUT2D eigenvalue weighted by Gasteiger charge is 2.48. The first kappa shape index (κ1) is 24.5. The highest BCUT2D eigenvalue weighted by atomic mass is 35.5. The molecule has 2 aliphatic heterocycles. The lowest BCUT2D eigenvalue weighted by Gasteiger charge is -2.23. The monoisotopic (exact) mass is 568 g/mol. The van der Waals surface area contributed by atoms with Gasteiger partial charge in [0.2, 0.25) is 0 Å². The van der Waals surface area contributed by atoms with Gasteiger partial charge in [-0.3, -0.25) is 14.5 Å². The average molecular weight is 569 g/mol. The number of fused-ring (bicyclic) bond motifs is 2. The molecule has 0 radical (unpaired) electrons. The Balaban J connectivity index is 1.54. The van der Waals surface area contributed by atoms with Gasteiger partial charge in [0, 0.05) is 5.56 Å². The van der Waals surface area contributed by atoms with E-state index in [0.717, 1.165) is 4.70 Å². The highest BCUT2D eigenvalue weighted by molar-refractivity contribution is 7.22. The summed E-state index contributed by atoms with van der Waals surface area (Å²) in [4.78, 5) is 32.9. The summed E-state index contributed by atoms with van der Waals surface area (Å²) in [5.74, 6) is -0.451. The van der Waals surface area contributed by atoms with Crippen LogP contribution in [0.15, 0.2) is 60.2 Å². The number of amides is 1. The van der Waals surface area contributed by atoms with Gasteiger partial charge in [-0.25, -0.2) is 4.98 Å². The fourth-order valence-corrected chi connectivity index (χ4v) is 5.82. The molecule has 3 aromatic carbocycles. The van der Waals surface area contributed by atoms with Crippen molar-refractivity contribution in [2.24, 2.45) is 0 Å². The third-order valence-electron chi connectivity index (χ3n) is 6.31. The molecule has 0 spiro atoms. The predicted molar refractivity (Wildman–Crippen MR) is 145 cm³/mol. The highest BCUT2D eigenvalue weighted by Crippen LogP contribution is 2.46. The number of methoxy groups -OCH3 is 1. The van der Waals surface area contributed by atoms with Gasteiger partial charge in [-0.15, -0.1) is 0 Å². The normalized spacial score (nSPS) is 18.3. The second-order valence-electron chi connectivity index (χ2n) is 8.53. The van der Waals surface area contributed by atoms with Crippen molar-refractivity contribution in [3.05, 3.63) is 81.3 Å². The van der Waals surface area contributed by atoms with Crippen molar-refractivity contribution in [2.45, 2.75) is 6.04 Å². The van der Waals surface area contributed by atoms with Crippen molar-refractivity contribution in [3.8, 4) is 17.2 Å². The second-order valence-corrected chi connectivity index (χ2v) is 10.4. The molecule has 1 atom stereocenters. The number of Topliss-reactive ketones (excluding diaryl/α,β-unsaturated/α-hetero) is 1. The van der Waals surface area contributed by atoms with E-state index < -0.39 is 17.7 Å². The van der Waals surface area contributed by atoms with E-state index in [1.165, 1.54) is 16.2 Å². The lowest BCUT2D eigenvalue weighted by molar-refractivity contribution is -0.132. The molecule has 8 nitrogen and oxygen atoms in total. The molecule has 192 valence electrons. The Morgan fingerprint density at radius 1 is 1.03 bits per heavy atom. The molecule has 1 saturated heterocycles. The summed E-state index contributed by atoms with van der Waals surface area (Å²) in [6.07, 6.45) is 0. The van der Waals surface area contributed by atoms with Gasteiger partial charge in [-0.1, -0.05) is 40.6 Å². The molecule has 38 heavy (non-hydrogen) atoms. The van der Waals surface area contributed by atoms with Gasteiger partial charge >= 0.3 is 5.91 Å². The van der Waals surface area contributed by atoms with E-state index in [1.807, 2.05) is 0 Å². The van der Waals surface area contributed by atoms with Gasteiger partial charge < -0.3 is 19.3 Å². The van der Waals surface area contributed by atoms with E-state index in [-0.39, 0.29) is 21.5 Å². The molecule has 11 heteroatoms. The van der Waals surface area contributed by atoms with Crippen molar-refractivity contribution < 1.29 is 28.9 Å². The lowest BCUT2D eigenvalue weighted by Crippen LogP contribution is -2.29. The number of hydrogen-bond acceptors (Lipinski definition) is 8. The summed E-state index contributed by atoms with van der Waals surface area (Å²) in [7, 11) is 1.56. The predicted octanol–water partition coefficient (Wildman–Crippen LogP) is 6.01. The van der Waals surface area contributed by atoms with Gasteiger partial charge in [0.05, 0.1) is 39.0 Å². The number of anilines is 1. The topological polar surface area (TPSA) is 98.2 Å². The minimum Gasteiger partial charge on any atom is -0.507 e. The quantitative estimate of drug-likeness (QED) is 0.183. The molecule has 4 aromatic rings. The fourth-order valence-electron chi connectivity index (χ4n) is 4.50. The minimum absolute atomic E-state index is 0.109. The van der Waals surface area contributed by atoms with Crippen molar-refractivity contribution >= 4 is 67.3 Å². The Labute approximate surface area is 230 Å². The smallest absolute Gasteiger partial charge is 0.301 e. The van der Waals surface area contributed by atoms with Crippen LogP contribution < -0.4 is 19.1 Å². The maximum atomic E-state index is 13.5. The molecule has 1 aromatic heterocycles. The molecule has 1 N–H and O–H groups in total. The Bertz CT molecular complexity index is 1670. The van der Waals surface area contributed by atoms with Crippen LogP contribution >= 0.6 is 34.5 Å². The van der Waals surface area contributed by atoms with Crippen LogP contribution in [0.3, 0.4) is 0 Å². The number of nitrogens with zero attached hydrogens (tertiary/aromatic N) is 2. The number of thiazole rings is 1. The molecular weight excluding hydrogens is 551 g/mol. The molecule has 3 heterocycles. The zero-order valence-electron chi connectivity index (χ0n) is 19.7. The lowest BCUT2D eigenvalue weighted by atomic mass is 9.95. The molecule has 0 bridgehead atoms. The van der Waals surface area contributed by atoms with E-state index in [4.69, 9.17) is 37.4 Å². The van der Waals surface area contributed by atoms with Gasteiger partial charge in [0.1, 0.15) is 24.7 Å². The fraction of sp³-hybridized carbons (Fsp3) is 0.148. The first-order chi connectivity index (χ1) is 18.4. The van der Waals surface area contributed by atoms with Gasteiger partial charge in [0.25, 0.3) is 5.78 Å². The van der Waals surface area contributed by atoms with Crippen LogP contribution in [0.5, 0.6) is 17.2 Å². The standard InChI is InChI=1S/C27H18Cl2N2O6S/c1-35-15-4-6-18-21(12-15)38-27(30-18)31-23(13-2-5-16(28)17(29)10-13)22(25(33)26(31)34)24(32)14-3-7-19-20(11-14)37-9-8-36-19/h2-7,10-12,23,32H,8-9H2,1H3/b24-22+/t23-/m0/s1. The van der Waals surface area contributed by atoms with Crippen molar-refractivity contribution in [1.82, 2.24) is 4.98 Å². The van der Waals surface area contributed by atoms with E-state index in [1.54, 1.807) is 61.7 Å². The molecule has 0 saturated carbocycles. The molecule has 1 fully saturated rings. The van der Waals surface area contributed by atoms with E-state index in [0.29, 0.717) is 52.1 Å². The number of carbonyl (C=O) groups excluding carboxylic acids is 2. The number of rotatable bonds is 4. The van der Waals surface area contributed by atoms with Crippen LogP contribution in [0.25, 0.3) is 16.0 Å². The van der Waals surface area contributed by atoms with Crippen molar-refractivity contribution in [1.29, 1.82) is 0 Å². The first-order valence-corrected chi connectivity index (χ1v) is 13.0. The zero-order valence-corrected chi connectivity index (χ0v) is 22.1. The van der Waals surface area contributed by atoms with Crippen molar-refractivity contribution in [3.63, 3.8) is 0 Å². The number of hydrogen-bond donors (Lipinski definition) is 1. The molecule has 1 amide bonds. The summed E-state index contributed by atoms with van der Waals surface area (Å²) in [5.41, 5.74) is 1.30. The van der Waals surface area contributed by atoms with Crippen molar-refractivity contribution in [2.75, 3.05) is 25.2 Å². The van der Waals surface area contributed by atoms with E-state index in [2.05, 4.69) is 4.98 Å². The Hall–Kier alpha value is -3.79. The van der Waals surface area contributed by atoms with Crippen LogP contribution in [0.4, 0.5) is 5.13 Å². The van der Waals surface area contributed by atoms with Gasteiger partial charge in [-0.2, -0.15) is 0 Å². The maximum Gasteiger partial charge on any atom is 0.301 e. The zero-order chi connectivity index (χ0) is 26.6. The van der Waals surface area contributed by atoms with E-state index >= 15 is 0 Å². The van der Waals surface area contributed by atoms with Crippen LogP contribution in [0.2, 0.25) is 10.0 Å². The molecule has 6 rings (SSSR count). The average Bonchev–Trinajstić information content (AvgIpc) is 3.47. The summed E-state index contributed by atoms with van der Waals surface area (Å²) in [5, 5.41) is 12.3. The van der Waals surface area contributed by atoms with Gasteiger partial charge in [0.15, 0.2) is 16.6 Å². The number of aliphatic hydroxyl groups is 1. The molecular formula is C27H18Cl2N2O6S. The molecule has 0 aliphatic carbocycles. The number of halogens is 2. The summed E-state index contributed by atoms with van der Waals surface area (Å²) < 4.78 is 17.3. The second kappa shape index (κ2) is 9.50. The Morgan fingerprint density at radius 3 is 2.58 bits per heavy atom. The summed E-state index contributed by atoms with van der Waals surface area (Å²) in [6.45, 7) is 0.766. The molecule has 0 unspecified atom stereocenters. The number of ketones is 1. The third-order valence-corrected chi connectivity index (χ3v) is 8.07. The van der Waals surface area contributed by atoms with Crippen LogP contribution in [0.1, 0.15) is 17.2 Å². The first-order valence-electron chi connectivity index (χ1n) is 11.5. The van der Waals surface area contributed by atoms with Gasteiger partial charge in [-0.05, 0) is 54.1 Å². The van der Waals surface area contributed by atoms with E-state index in [9.17, 15) is 14.7 Å². The maximum absolute atomic E-state index is 13.5. The number of ether oxygens (including phenoxy) is 3. The Kier molecular flexibility index (Phi) is 6.14. The SMILES string of the molecule is COc1ccc2nc(N3C(=O)C(=O)/C(=C(/O)c4ccc5c(c4)OCCO5)[C@@H]3c3ccc(Cl)c(Cl)c3)sc2c1. The number of aromatic nitrogens is 1. The molecule has 2 aliphatic rings. The minimum atomic E-state index is -1.01. The third kappa shape index (κ3) is 4.03. The number of aliphatic hydroxyl groups excluding tert-OH is 1. The van der Waals surface area contributed by atoms with Crippen LogP contribution in [-0.2, 0) is 9.59 Å². The number of carbonyl (C=O) groups is 2. The summed E-state index contributed by atoms with van der Waals surface area (Å²) in [6, 6.07) is 14.0. The Morgan fingerprint density at radius 2 is 1.82 bits per heavy atom. The largest absolute Gasteiger partial charge is 0.507 e. The van der Waals surface area contributed by atoms with Crippen LogP contribution in [-0.4, -0.2) is 42.1 Å².